The van der Waals surface area contributed by atoms with Crippen molar-refractivity contribution < 1.29 is 9.15 Å². The topological polar surface area (TPSA) is 47.3 Å². The van der Waals surface area contributed by atoms with E-state index in [0.29, 0.717) is 6.61 Å². The number of nitrogens with one attached hydrogen (secondary N) is 1. The third-order valence-electron chi connectivity index (χ3n) is 2.33. The fraction of sp³-hybridized carbons (Fsp3) is 0.769. The van der Waals surface area contributed by atoms with Gasteiger partial charge in [-0.05, 0) is 39.8 Å². The summed E-state index contributed by atoms with van der Waals surface area (Å²) in [4.78, 5) is 4.24. The number of rotatable bonds is 9. The number of nitrogens with zero attached hydrogens (tertiary/aromatic N) is 1. The average molecular weight is 240 g/mol. The Morgan fingerprint density at radius 3 is 2.94 bits per heavy atom. The molecule has 0 fully saturated rings. The molecule has 1 aromatic rings. The van der Waals surface area contributed by atoms with Crippen molar-refractivity contribution in [3.8, 4) is 0 Å². The SMILES string of the molecule is CCCNCCCc1ncc(COC(C)C)o1. The molecule has 0 amide bonds. The van der Waals surface area contributed by atoms with E-state index in [1.54, 1.807) is 6.20 Å². The van der Waals surface area contributed by atoms with Crippen molar-refractivity contribution in [2.45, 2.75) is 52.7 Å². The van der Waals surface area contributed by atoms with Gasteiger partial charge in [0.1, 0.15) is 12.4 Å². The number of hydrogen-bond donors (Lipinski definition) is 1. The highest BCUT2D eigenvalue weighted by Crippen LogP contribution is 2.08. The predicted molar refractivity (Wildman–Crippen MR) is 67.9 cm³/mol. The van der Waals surface area contributed by atoms with Gasteiger partial charge in [0.15, 0.2) is 5.89 Å². The summed E-state index contributed by atoms with van der Waals surface area (Å²) >= 11 is 0. The third-order valence-corrected chi connectivity index (χ3v) is 2.33. The van der Waals surface area contributed by atoms with Crippen molar-refractivity contribution in [1.82, 2.24) is 10.3 Å². The smallest absolute Gasteiger partial charge is 0.194 e. The molecular weight excluding hydrogens is 216 g/mol. The quantitative estimate of drug-likeness (QED) is 0.674. The van der Waals surface area contributed by atoms with E-state index in [2.05, 4.69) is 17.2 Å². The van der Waals surface area contributed by atoms with Gasteiger partial charge in [0.2, 0.25) is 0 Å². The first-order valence-corrected chi connectivity index (χ1v) is 6.48. The van der Waals surface area contributed by atoms with E-state index in [4.69, 9.17) is 9.15 Å². The second kappa shape index (κ2) is 8.25. The largest absolute Gasteiger partial charge is 0.443 e. The summed E-state index contributed by atoms with van der Waals surface area (Å²) in [5.41, 5.74) is 0. The van der Waals surface area contributed by atoms with Crippen LogP contribution in [-0.2, 0) is 17.8 Å². The minimum atomic E-state index is 0.224. The van der Waals surface area contributed by atoms with Crippen LogP contribution in [0.1, 0.15) is 45.3 Å². The van der Waals surface area contributed by atoms with Crippen LogP contribution in [0.4, 0.5) is 0 Å². The Morgan fingerprint density at radius 2 is 2.24 bits per heavy atom. The minimum absolute atomic E-state index is 0.224. The Hall–Kier alpha value is -0.870. The predicted octanol–water partition coefficient (Wildman–Crippen LogP) is 2.53. The number of aromatic nitrogens is 1. The molecule has 17 heavy (non-hydrogen) atoms. The van der Waals surface area contributed by atoms with Gasteiger partial charge < -0.3 is 14.5 Å². The molecule has 0 aliphatic carbocycles. The molecule has 0 unspecified atom stereocenters. The molecule has 0 spiro atoms. The first-order valence-electron chi connectivity index (χ1n) is 6.48. The van der Waals surface area contributed by atoms with Gasteiger partial charge >= 0.3 is 0 Å². The molecule has 0 aliphatic heterocycles. The molecule has 1 aromatic heterocycles. The molecule has 1 heterocycles. The molecule has 0 atom stereocenters. The first kappa shape index (κ1) is 14.2. The number of hydrogen-bond acceptors (Lipinski definition) is 4. The van der Waals surface area contributed by atoms with E-state index >= 15 is 0 Å². The van der Waals surface area contributed by atoms with E-state index < -0.39 is 0 Å². The van der Waals surface area contributed by atoms with Crippen LogP contribution >= 0.6 is 0 Å². The van der Waals surface area contributed by atoms with Gasteiger partial charge in [-0.15, -0.1) is 0 Å². The van der Waals surface area contributed by atoms with Crippen molar-refractivity contribution in [2.24, 2.45) is 0 Å². The summed E-state index contributed by atoms with van der Waals surface area (Å²) in [5.74, 6) is 1.63. The average Bonchev–Trinajstić information content (AvgIpc) is 2.74. The van der Waals surface area contributed by atoms with Gasteiger partial charge in [0, 0.05) is 6.42 Å². The Labute approximate surface area is 104 Å². The second-order valence-electron chi connectivity index (χ2n) is 4.43. The summed E-state index contributed by atoms with van der Waals surface area (Å²) in [7, 11) is 0. The lowest BCUT2D eigenvalue weighted by molar-refractivity contribution is 0.0539. The van der Waals surface area contributed by atoms with Crippen LogP contribution in [0.2, 0.25) is 0 Å². The Bertz CT molecular complexity index is 297. The van der Waals surface area contributed by atoms with Gasteiger partial charge in [-0.1, -0.05) is 6.92 Å². The maximum absolute atomic E-state index is 5.58. The van der Waals surface area contributed by atoms with Crippen LogP contribution in [0, 0.1) is 0 Å². The highest BCUT2D eigenvalue weighted by Gasteiger charge is 2.04. The monoisotopic (exact) mass is 240 g/mol. The summed E-state index contributed by atoms with van der Waals surface area (Å²) in [6.07, 6.45) is 5.11. The molecule has 98 valence electrons. The van der Waals surface area contributed by atoms with Crippen LogP contribution in [0.3, 0.4) is 0 Å². The van der Waals surface area contributed by atoms with Crippen LogP contribution < -0.4 is 5.32 Å². The summed E-state index contributed by atoms with van der Waals surface area (Å²) in [6.45, 7) is 8.81. The van der Waals surface area contributed by atoms with Crippen molar-refractivity contribution >= 4 is 0 Å². The molecule has 0 bridgehead atoms. The lowest BCUT2D eigenvalue weighted by Crippen LogP contribution is -2.16. The van der Waals surface area contributed by atoms with Gasteiger partial charge in [-0.3, -0.25) is 0 Å². The second-order valence-corrected chi connectivity index (χ2v) is 4.43. The zero-order valence-electron chi connectivity index (χ0n) is 11.2. The zero-order chi connectivity index (χ0) is 12.5. The molecule has 0 aliphatic rings. The summed E-state index contributed by atoms with van der Waals surface area (Å²) in [6, 6.07) is 0. The zero-order valence-corrected chi connectivity index (χ0v) is 11.2. The Kier molecular flexibility index (Phi) is 6.89. The van der Waals surface area contributed by atoms with Gasteiger partial charge in [-0.2, -0.15) is 0 Å². The Morgan fingerprint density at radius 1 is 1.41 bits per heavy atom. The van der Waals surface area contributed by atoms with Crippen LogP contribution in [0.25, 0.3) is 0 Å². The normalized spacial score (nSPS) is 11.3. The fourth-order valence-electron chi connectivity index (χ4n) is 1.45. The molecule has 0 aromatic carbocycles. The van der Waals surface area contributed by atoms with E-state index in [1.165, 1.54) is 6.42 Å². The highest BCUT2D eigenvalue weighted by atomic mass is 16.5. The molecule has 0 saturated carbocycles. The lowest BCUT2D eigenvalue weighted by atomic mass is 10.3. The number of oxazole rings is 1. The number of ether oxygens (including phenoxy) is 1. The summed E-state index contributed by atoms with van der Waals surface area (Å²) < 4.78 is 11.0. The molecule has 1 N–H and O–H groups in total. The van der Waals surface area contributed by atoms with E-state index in [9.17, 15) is 0 Å². The third kappa shape index (κ3) is 6.44. The van der Waals surface area contributed by atoms with Crippen molar-refractivity contribution in [3.05, 3.63) is 17.8 Å². The highest BCUT2D eigenvalue weighted by molar-refractivity contribution is 4.92. The van der Waals surface area contributed by atoms with Crippen molar-refractivity contribution in [2.75, 3.05) is 13.1 Å². The minimum Gasteiger partial charge on any atom is -0.443 e. The van der Waals surface area contributed by atoms with Crippen LogP contribution in [-0.4, -0.2) is 24.2 Å². The molecule has 0 saturated heterocycles. The van der Waals surface area contributed by atoms with Crippen molar-refractivity contribution in [3.63, 3.8) is 0 Å². The van der Waals surface area contributed by atoms with Gasteiger partial charge in [-0.25, -0.2) is 4.98 Å². The van der Waals surface area contributed by atoms with E-state index in [0.717, 1.165) is 37.6 Å². The molecule has 1 rings (SSSR count). The number of aryl methyl sites for hydroxylation is 1. The first-order chi connectivity index (χ1) is 8.22. The lowest BCUT2D eigenvalue weighted by Gasteiger charge is -2.04. The van der Waals surface area contributed by atoms with Crippen LogP contribution in [0.5, 0.6) is 0 Å². The summed E-state index contributed by atoms with van der Waals surface area (Å²) in [5, 5.41) is 3.36. The van der Waals surface area contributed by atoms with Gasteiger partial charge in [0.25, 0.3) is 0 Å². The Balaban J connectivity index is 2.17. The van der Waals surface area contributed by atoms with Gasteiger partial charge in [0.05, 0.1) is 12.3 Å². The van der Waals surface area contributed by atoms with E-state index in [1.807, 2.05) is 13.8 Å². The maximum Gasteiger partial charge on any atom is 0.194 e. The van der Waals surface area contributed by atoms with Crippen LogP contribution in [0.15, 0.2) is 10.6 Å². The standard InChI is InChI=1S/C13H24N2O2/c1-4-7-14-8-5-6-13-15-9-12(17-13)10-16-11(2)3/h9,11,14H,4-8,10H2,1-3H3. The molecule has 0 radical (unpaired) electrons. The molecular formula is C13H24N2O2. The van der Waals surface area contributed by atoms with Crippen molar-refractivity contribution in [1.29, 1.82) is 0 Å². The molecule has 4 nitrogen and oxygen atoms in total. The maximum atomic E-state index is 5.58. The molecule has 4 heteroatoms. The fourth-order valence-corrected chi connectivity index (χ4v) is 1.45. The van der Waals surface area contributed by atoms with E-state index in [-0.39, 0.29) is 6.10 Å².